The number of nitrogens with zero attached hydrogens (tertiary/aromatic N) is 4. The number of thioether (sulfide) groups is 1. The molecule has 0 radical (unpaired) electrons. The fourth-order valence-corrected chi connectivity index (χ4v) is 5.13. The molecule has 0 aliphatic heterocycles. The maximum atomic E-state index is 12.4. The second-order valence-corrected chi connectivity index (χ2v) is 10.7. The Morgan fingerprint density at radius 3 is 2.62 bits per heavy atom. The summed E-state index contributed by atoms with van der Waals surface area (Å²) in [4.78, 5) is 13.3. The molecule has 2 aromatic heterocycles. The fourth-order valence-electron chi connectivity index (χ4n) is 2.97. The zero-order chi connectivity index (χ0) is 23.9. The Labute approximate surface area is 218 Å². The quantitative estimate of drug-likeness (QED) is 0.149. The zero-order valence-corrected chi connectivity index (χ0v) is 21.9. The van der Waals surface area contributed by atoms with Gasteiger partial charge in [0.25, 0.3) is 5.91 Å². The molecule has 0 aliphatic carbocycles. The summed E-state index contributed by atoms with van der Waals surface area (Å²) in [5.41, 5.74) is 4.25. The maximum Gasteiger partial charge on any atom is 0.250 e. The highest BCUT2D eigenvalue weighted by molar-refractivity contribution is 9.11. The molecular formula is C23H19BrClN5O2S2. The van der Waals surface area contributed by atoms with Gasteiger partial charge in [-0.2, -0.15) is 5.10 Å². The van der Waals surface area contributed by atoms with E-state index in [1.807, 2.05) is 60.0 Å². The molecule has 0 saturated heterocycles. The largest absolute Gasteiger partial charge is 0.494 e. The van der Waals surface area contributed by atoms with Crippen LogP contribution in [0.2, 0.25) is 5.02 Å². The van der Waals surface area contributed by atoms with Crippen LogP contribution in [0.15, 0.2) is 74.7 Å². The number of halogens is 2. The van der Waals surface area contributed by atoms with Crippen LogP contribution in [0.5, 0.6) is 5.75 Å². The minimum Gasteiger partial charge on any atom is -0.494 e. The summed E-state index contributed by atoms with van der Waals surface area (Å²) in [7, 11) is 0. The van der Waals surface area contributed by atoms with E-state index >= 15 is 0 Å². The molecule has 1 amide bonds. The molecule has 4 rings (SSSR count). The molecule has 4 aromatic rings. The minimum atomic E-state index is -0.244. The Bertz CT molecular complexity index is 1290. The Morgan fingerprint density at radius 2 is 1.94 bits per heavy atom. The first kappa shape index (κ1) is 24.5. The van der Waals surface area contributed by atoms with E-state index in [1.165, 1.54) is 23.1 Å². The van der Waals surface area contributed by atoms with E-state index in [4.69, 9.17) is 16.3 Å². The van der Waals surface area contributed by atoms with E-state index in [0.717, 1.165) is 25.7 Å². The Hall–Kier alpha value is -2.66. The molecule has 0 atom stereocenters. The lowest BCUT2D eigenvalue weighted by atomic mass is 10.2. The number of carbonyl (C=O) groups is 1. The Balaban J connectivity index is 1.53. The van der Waals surface area contributed by atoms with Crippen LogP contribution in [-0.4, -0.2) is 39.2 Å². The highest BCUT2D eigenvalue weighted by Crippen LogP contribution is 2.29. The van der Waals surface area contributed by atoms with Crippen LogP contribution in [-0.2, 0) is 4.79 Å². The third kappa shape index (κ3) is 6.26. The van der Waals surface area contributed by atoms with Crippen LogP contribution in [0, 0.1) is 0 Å². The van der Waals surface area contributed by atoms with Crippen molar-refractivity contribution in [1.29, 1.82) is 0 Å². The number of hydrazone groups is 1. The first-order valence-corrected chi connectivity index (χ1v) is 13.2. The van der Waals surface area contributed by atoms with Gasteiger partial charge in [0.05, 0.1) is 22.4 Å². The number of ether oxygens (including phenoxy) is 1. The summed E-state index contributed by atoms with van der Waals surface area (Å²) in [5, 5.41) is 14.0. The summed E-state index contributed by atoms with van der Waals surface area (Å²) in [6.45, 7) is 2.53. The summed E-state index contributed by atoms with van der Waals surface area (Å²) in [6.07, 6.45) is 1.61. The number of carbonyl (C=O) groups excluding carboxylic acids is 1. The average molecular weight is 577 g/mol. The predicted octanol–water partition coefficient (Wildman–Crippen LogP) is 6.05. The normalized spacial score (nSPS) is 11.1. The molecule has 7 nitrogen and oxygen atoms in total. The first-order valence-electron chi connectivity index (χ1n) is 10.2. The van der Waals surface area contributed by atoms with Crippen LogP contribution in [0.25, 0.3) is 17.1 Å². The number of nitrogens with one attached hydrogen (secondary N) is 1. The molecule has 0 spiro atoms. The van der Waals surface area contributed by atoms with Gasteiger partial charge in [-0.3, -0.25) is 9.36 Å². The van der Waals surface area contributed by atoms with Crippen LogP contribution in [0.3, 0.4) is 0 Å². The lowest BCUT2D eigenvalue weighted by molar-refractivity contribution is -0.118. The minimum absolute atomic E-state index is 0.126. The SMILES string of the molecule is CCOc1ccc(-n2c(SCC(=O)NN=Cc3ccc(Br)s3)nnc2-c2ccc(Cl)cc2)cc1. The van der Waals surface area contributed by atoms with E-state index < -0.39 is 0 Å². The summed E-state index contributed by atoms with van der Waals surface area (Å²) >= 11 is 12.3. The molecule has 0 bridgehead atoms. The molecular weight excluding hydrogens is 558 g/mol. The van der Waals surface area contributed by atoms with Crippen molar-refractivity contribution in [3.8, 4) is 22.8 Å². The summed E-state index contributed by atoms with van der Waals surface area (Å²) in [6, 6.07) is 18.9. The monoisotopic (exact) mass is 575 g/mol. The van der Waals surface area contributed by atoms with Crippen molar-refractivity contribution in [2.24, 2.45) is 5.10 Å². The second kappa shape index (κ2) is 11.7. The van der Waals surface area contributed by atoms with Crippen molar-refractivity contribution in [1.82, 2.24) is 20.2 Å². The smallest absolute Gasteiger partial charge is 0.250 e. The number of rotatable bonds is 9. The van der Waals surface area contributed by atoms with Crippen LogP contribution >= 0.6 is 50.6 Å². The lowest BCUT2D eigenvalue weighted by Gasteiger charge is -2.11. The van der Waals surface area contributed by atoms with Crippen molar-refractivity contribution in [2.45, 2.75) is 12.1 Å². The van der Waals surface area contributed by atoms with Gasteiger partial charge < -0.3 is 4.74 Å². The number of hydrogen-bond donors (Lipinski definition) is 1. The molecule has 0 saturated carbocycles. The summed E-state index contributed by atoms with van der Waals surface area (Å²) in [5.74, 6) is 1.30. The van der Waals surface area contributed by atoms with Crippen molar-refractivity contribution in [3.05, 3.63) is 74.3 Å². The van der Waals surface area contributed by atoms with E-state index in [1.54, 1.807) is 18.3 Å². The van der Waals surface area contributed by atoms with Crippen LogP contribution in [0.1, 0.15) is 11.8 Å². The molecule has 11 heteroatoms. The average Bonchev–Trinajstić information content (AvgIpc) is 3.45. The van der Waals surface area contributed by atoms with Crippen molar-refractivity contribution in [2.75, 3.05) is 12.4 Å². The van der Waals surface area contributed by atoms with E-state index in [-0.39, 0.29) is 11.7 Å². The van der Waals surface area contributed by atoms with Crippen molar-refractivity contribution < 1.29 is 9.53 Å². The van der Waals surface area contributed by atoms with Gasteiger partial charge >= 0.3 is 0 Å². The zero-order valence-electron chi connectivity index (χ0n) is 17.9. The molecule has 0 aliphatic rings. The van der Waals surface area contributed by atoms with Gasteiger partial charge in [-0.1, -0.05) is 23.4 Å². The van der Waals surface area contributed by atoms with Gasteiger partial charge in [-0.05, 0) is 83.5 Å². The van der Waals surface area contributed by atoms with E-state index in [2.05, 4.69) is 36.7 Å². The van der Waals surface area contributed by atoms with E-state index in [9.17, 15) is 4.79 Å². The molecule has 0 unspecified atom stereocenters. The number of aromatic nitrogens is 3. The third-order valence-corrected chi connectivity index (χ3v) is 7.19. The van der Waals surface area contributed by atoms with Crippen molar-refractivity contribution in [3.63, 3.8) is 0 Å². The maximum absolute atomic E-state index is 12.4. The van der Waals surface area contributed by atoms with Gasteiger partial charge in [0, 0.05) is 21.2 Å². The van der Waals surface area contributed by atoms with Crippen LogP contribution in [0.4, 0.5) is 0 Å². The highest BCUT2D eigenvalue weighted by Gasteiger charge is 2.17. The Morgan fingerprint density at radius 1 is 1.18 bits per heavy atom. The second-order valence-electron chi connectivity index (χ2n) is 6.80. The van der Waals surface area contributed by atoms with Gasteiger partial charge in [0.1, 0.15) is 5.75 Å². The van der Waals surface area contributed by atoms with Gasteiger partial charge in [0.15, 0.2) is 11.0 Å². The molecule has 2 heterocycles. The highest BCUT2D eigenvalue weighted by atomic mass is 79.9. The first-order chi connectivity index (χ1) is 16.5. The molecule has 2 aromatic carbocycles. The van der Waals surface area contributed by atoms with E-state index in [0.29, 0.717) is 22.6 Å². The fraction of sp³-hybridized carbons (Fsp3) is 0.130. The number of thiophene rings is 1. The predicted molar refractivity (Wildman–Crippen MR) is 141 cm³/mol. The Kier molecular flexibility index (Phi) is 8.39. The topological polar surface area (TPSA) is 81.4 Å². The van der Waals surface area contributed by atoms with Crippen molar-refractivity contribution >= 4 is 62.8 Å². The van der Waals surface area contributed by atoms with Gasteiger partial charge in [-0.15, -0.1) is 21.5 Å². The molecule has 0 fully saturated rings. The van der Waals surface area contributed by atoms with Crippen LogP contribution < -0.4 is 10.2 Å². The summed E-state index contributed by atoms with van der Waals surface area (Å²) < 4.78 is 8.46. The third-order valence-electron chi connectivity index (χ3n) is 4.45. The lowest BCUT2D eigenvalue weighted by Crippen LogP contribution is -2.19. The molecule has 174 valence electrons. The molecule has 34 heavy (non-hydrogen) atoms. The number of benzene rings is 2. The number of hydrogen-bond acceptors (Lipinski definition) is 7. The number of amides is 1. The standard InChI is InChI=1S/C23H19BrClN5O2S2/c1-2-32-18-9-7-17(8-10-18)30-22(15-3-5-16(25)6-4-15)28-29-23(30)33-14-21(31)27-26-13-19-11-12-20(24)34-19/h3-13H,2,14H2,1H3,(H,27,31). The molecule has 1 N–H and O–H groups in total. The van der Waals surface area contributed by atoms with Gasteiger partial charge in [0.2, 0.25) is 0 Å². The van der Waals surface area contributed by atoms with Gasteiger partial charge in [-0.25, -0.2) is 5.43 Å².